The van der Waals surface area contributed by atoms with Crippen molar-refractivity contribution in [2.75, 3.05) is 11.1 Å². The molecule has 0 bridgehead atoms. The first-order valence-electron chi connectivity index (χ1n) is 6.90. The zero-order valence-electron chi connectivity index (χ0n) is 12.7. The fourth-order valence-electron chi connectivity index (χ4n) is 1.83. The molecule has 0 saturated heterocycles. The van der Waals surface area contributed by atoms with E-state index in [1.54, 1.807) is 30.3 Å². The van der Waals surface area contributed by atoms with Gasteiger partial charge in [0, 0.05) is 16.9 Å². The van der Waals surface area contributed by atoms with Gasteiger partial charge in [0.05, 0.1) is 0 Å². The van der Waals surface area contributed by atoms with Crippen LogP contribution >= 0.6 is 11.8 Å². The number of benzene rings is 1. The molecule has 1 N–H and O–H groups in total. The summed E-state index contributed by atoms with van der Waals surface area (Å²) in [4.78, 5) is 32.0. The number of Topliss-reactive ketones (excluding diaryl/α,β-unsaturated/α-hetero) is 1. The monoisotopic (exact) mass is 315 g/mol. The Morgan fingerprint density at radius 1 is 1.18 bits per heavy atom. The maximum Gasteiger partial charge on any atom is 0.274 e. The van der Waals surface area contributed by atoms with E-state index < -0.39 is 0 Å². The number of aryl methyl sites for hydroxylation is 1. The standard InChI is InChI=1S/C16H17N3O2S/c1-4-22-16-17-10(2)9-14(19-16)15(21)18-13-7-5-12(6-8-13)11(3)20/h5-9H,4H2,1-3H3,(H,18,21). The fraction of sp³-hybridized carbons (Fsp3) is 0.250. The molecule has 0 saturated carbocycles. The normalized spacial score (nSPS) is 10.3. The van der Waals surface area contributed by atoms with E-state index in [4.69, 9.17) is 0 Å². The van der Waals surface area contributed by atoms with Crippen molar-refractivity contribution < 1.29 is 9.59 Å². The van der Waals surface area contributed by atoms with E-state index in [2.05, 4.69) is 15.3 Å². The third-order valence-electron chi connectivity index (χ3n) is 2.89. The van der Waals surface area contributed by atoms with Gasteiger partial charge < -0.3 is 5.32 Å². The average Bonchev–Trinajstić information content (AvgIpc) is 2.47. The second-order valence-electron chi connectivity index (χ2n) is 4.70. The predicted octanol–water partition coefficient (Wildman–Crippen LogP) is 3.35. The van der Waals surface area contributed by atoms with Crippen LogP contribution < -0.4 is 5.32 Å². The van der Waals surface area contributed by atoms with Crippen molar-refractivity contribution >= 4 is 29.1 Å². The van der Waals surface area contributed by atoms with Crippen LogP contribution in [-0.2, 0) is 0 Å². The summed E-state index contributed by atoms with van der Waals surface area (Å²) in [5, 5.41) is 3.37. The number of hydrogen-bond acceptors (Lipinski definition) is 5. The van der Waals surface area contributed by atoms with Gasteiger partial charge in [-0.1, -0.05) is 18.7 Å². The molecule has 0 aliphatic rings. The molecular weight excluding hydrogens is 298 g/mol. The van der Waals surface area contributed by atoms with Crippen LogP contribution in [0.4, 0.5) is 5.69 Å². The van der Waals surface area contributed by atoms with Crippen molar-refractivity contribution in [3.8, 4) is 0 Å². The summed E-state index contributed by atoms with van der Waals surface area (Å²) < 4.78 is 0. The largest absolute Gasteiger partial charge is 0.321 e. The van der Waals surface area contributed by atoms with E-state index in [0.29, 0.717) is 22.1 Å². The lowest BCUT2D eigenvalue weighted by Gasteiger charge is -2.07. The number of carbonyl (C=O) groups is 2. The Hall–Kier alpha value is -2.21. The Labute approximate surface area is 133 Å². The SMILES string of the molecule is CCSc1nc(C)cc(C(=O)Nc2ccc(C(C)=O)cc2)n1. The van der Waals surface area contributed by atoms with Crippen LogP contribution in [0.1, 0.15) is 40.4 Å². The molecule has 1 amide bonds. The van der Waals surface area contributed by atoms with E-state index in [0.717, 1.165) is 11.4 Å². The van der Waals surface area contributed by atoms with E-state index in [1.165, 1.54) is 18.7 Å². The Morgan fingerprint density at radius 3 is 2.45 bits per heavy atom. The van der Waals surface area contributed by atoms with E-state index in [-0.39, 0.29) is 11.7 Å². The number of aromatic nitrogens is 2. The van der Waals surface area contributed by atoms with Crippen LogP contribution in [-0.4, -0.2) is 27.4 Å². The lowest BCUT2D eigenvalue weighted by atomic mass is 10.1. The highest BCUT2D eigenvalue weighted by molar-refractivity contribution is 7.99. The fourth-order valence-corrected chi connectivity index (χ4v) is 2.46. The number of anilines is 1. The van der Waals surface area contributed by atoms with Gasteiger partial charge in [0.25, 0.3) is 5.91 Å². The maximum atomic E-state index is 12.3. The van der Waals surface area contributed by atoms with E-state index in [1.807, 2.05) is 13.8 Å². The molecule has 0 aliphatic heterocycles. The van der Waals surface area contributed by atoms with Gasteiger partial charge in [-0.2, -0.15) is 0 Å². The molecule has 0 unspecified atom stereocenters. The highest BCUT2D eigenvalue weighted by Gasteiger charge is 2.11. The number of nitrogens with zero attached hydrogens (tertiary/aromatic N) is 2. The van der Waals surface area contributed by atoms with Crippen LogP contribution in [0.5, 0.6) is 0 Å². The summed E-state index contributed by atoms with van der Waals surface area (Å²) in [6, 6.07) is 8.41. The van der Waals surface area contributed by atoms with Gasteiger partial charge in [0.1, 0.15) is 5.69 Å². The highest BCUT2D eigenvalue weighted by Crippen LogP contribution is 2.15. The summed E-state index contributed by atoms with van der Waals surface area (Å²) >= 11 is 1.49. The number of ketones is 1. The Bertz CT molecular complexity index is 699. The van der Waals surface area contributed by atoms with Crippen LogP contribution in [0.25, 0.3) is 0 Å². The zero-order valence-corrected chi connectivity index (χ0v) is 13.5. The van der Waals surface area contributed by atoms with Crippen molar-refractivity contribution in [1.29, 1.82) is 0 Å². The molecule has 1 aromatic carbocycles. The second-order valence-corrected chi connectivity index (χ2v) is 5.93. The molecular formula is C16H17N3O2S. The van der Waals surface area contributed by atoms with Crippen molar-refractivity contribution in [1.82, 2.24) is 9.97 Å². The number of rotatable bonds is 5. The topological polar surface area (TPSA) is 72.0 Å². The first-order chi connectivity index (χ1) is 10.5. The molecule has 2 aromatic rings. The molecule has 114 valence electrons. The van der Waals surface area contributed by atoms with Crippen molar-refractivity contribution in [2.45, 2.75) is 25.9 Å². The van der Waals surface area contributed by atoms with Gasteiger partial charge in [-0.15, -0.1) is 0 Å². The smallest absolute Gasteiger partial charge is 0.274 e. The van der Waals surface area contributed by atoms with Gasteiger partial charge in [-0.25, -0.2) is 9.97 Å². The Morgan fingerprint density at radius 2 is 1.86 bits per heavy atom. The molecule has 0 fully saturated rings. The van der Waals surface area contributed by atoms with Crippen LogP contribution in [0.2, 0.25) is 0 Å². The van der Waals surface area contributed by atoms with Gasteiger partial charge in [0.15, 0.2) is 10.9 Å². The maximum absolute atomic E-state index is 12.3. The number of amides is 1. The predicted molar refractivity (Wildman–Crippen MR) is 87.6 cm³/mol. The third-order valence-corrected chi connectivity index (χ3v) is 3.62. The van der Waals surface area contributed by atoms with Crippen LogP contribution in [0.3, 0.4) is 0 Å². The molecule has 0 atom stereocenters. The van der Waals surface area contributed by atoms with Crippen molar-refractivity contribution in [2.24, 2.45) is 0 Å². The van der Waals surface area contributed by atoms with Gasteiger partial charge in [0.2, 0.25) is 0 Å². The summed E-state index contributed by atoms with van der Waals surface area (Å²) in [7, 11) is 0. The number of carbonyl (C=O) groups excluding carboxylic acids is 2. The summed E-state index contributed by atoms with van der Waals surface area (Å²) in [6.45, 7) is 5.34. The number of thioether (sulfide) groups is 1. The molecule has 0 spiro atoms. The minimum Gasteiger partial charge on any atom is -0.321 e. The Balaban J connectivity index is 2.16. The molecule has 6 heteroatoms. The first kappa shape index (κ1) is 16.2. The molecule has 0 radical (unpaired) electrons. The van der Waals surface area contributed by atoms with Crippen LogP contribution in [0, 0.1) is 6.92 Å². The molecule has 5 nitrogen and oxygen atoms in total. The average molecular weight is 315 g/mol. The lowest BCUT2D eigenvalue weighted by molar-refractivity contribution is 0.101. The minimum atomic E-state index is -0.293. The van der Waals surface area contributed by atoms with Gasteiger partial charge in [-0.3, -0.25) is 9.59 Å². The van der Waals surface area contributed by atoms with Crippen LogP contribution in [0.15, 0.2) is 35.5 Å². The second kappa shape index (κ2) is 7.17. The number of hydrogen-bond donors (Lipinski definition) is 1. The van der Waals surface area contributed by atoms with Crippen molar-refractivity contribution in [3.05, 3.63) is 47.3 Å². The summed E-state index contributed by atoms with van der Waals surface area (Å²) in [5.41, 5.74) is 2.32. The molecule has 2 rings (SSSR count). The van der Waals surface area contributed by atoms with E-state index in [9.17, 15) is 9.59 Å². The number of nitrogens with one attached hydrogen (secondary N) is 1. The van der Waals surface area contributed by atoms with Gasteiger partial charge in [-0.05, 0) is 49.9 Å². The molecule has 0 aliphatic carbocycles. The summed E-state index contributed by atoms with van der Waals surface area (Å²) in [5.74, 6) is 0.543. The van der Waals surface area contributed by atoms with E-state index >= 15 is 0 Å². The third kappa shape index (κ3) is 4.14. The minimum absolute atomic E-state index is 0.00876. The first-order valence-corrected chi connectivity index (χ1v) is 7.89. The lowest BCUT2D eigenvalue weighted by Crippen LogP contribution is -2.15. The molecule has 1 aromatic heterocycles. The molecule has 1 heterocycles. The quantitative estimate of drug-likeness (QED) is 0.520. The molecule has 22 heavy (non-hydrogen) atoms. The Kier molecular flexibility index (Phi) is 5.27. The van der Waals surface area contributed by atoms with Gasteiger partial charge >= 0.3 is 0 Å². The highest BCUT2D eigenvalue weighted by atomic mass is 32.2. The zero-order chi connectivity index (χ0) is 16.1. The summed E-state index contributed by atoms with van der Waals surface area (Å²) in [6.07, 6.45) is 0. The van der Waals surface area contributed by atoms with Crippen molar-refractivity contribution in [3.63, 3.8) is 0 Å².